The highest BCUT2D eigenvalue weighted by atomic mass is 19.1. The Kier molecular flexibility index (Phi) is 12.8. The molecule has 2 saturated carbocycles. The van der Waals surface area contributed by atoms with Crippen LogP contribution in [0.5, 0.6) is 17.2 Å². The summed E-state index contributed by atoms with van der Waals surface area (Å²) < 4.78 is 50.6. The number of rotatable bonds is 17. The van der Waals surface area contributed by atoms with E-state index in [1.807, 2.05) is 43.3 Å². The van der Waals surface area contributed by atoms with Gasteiger partial charge in [-0.05, 0) is 104 Å². The number of ether oxygens (including phenoxy) is 6. The van der Waals surface area contributed by atoms with Crippen LogP contribution in [0.25, 0.3) is 11.1 Å². The molecule has 0 spiro atoms. The fraction of sp³-hybridized carbons (Fsp3) is 0.537. The standard InChI is InChI=1S/C41H51FO8/c1-3-5-39(46-26-28-9-22-37-38(23-28)50-37)47-32-16-10-29(11-17-32)30-12-18-33(19-13-30)49-41(44)35-21-20-34(24-36(35)42)48-40(6-4-2)45-25-27-7-14-31(43)15-8-27/h10-13,16-21,24,27-28,31,37-40,43H,3-9,14-15,22-23,25-26H2,1-2H3. The lowest BCUT2D eigenvalue weighted by atomic mass is 9.88. The lowest BCUT2D eigenvalue weighted by Gasteiger charge is -2.27. The van der Waals surface area contributed by atoms with Crippen LogP contribution in [-0.4, -0.2) is 55.2 Å². The third-order valence-corrected chi connectivity index (χ3v) is 9.96. The second-order valence-corrected chi connectivity index (χ2v) is 14.0. The van der Waals surface area contributed by atoms with E-state index in [1.165, 1.54) is 12.1 Å². The van der Waals surface area contributed by atoms with Gasteiger partial charge in [0.15, 0.2) is 12.6 Å². The fourth-order valence-corrected chi connectivity index (χ4v) is 6.90. The molecular weight excluding hydrogens is 639 g/mol. The molecule has 5 unspecified atom stereocenters. The Labute approximate surface area is 295 Å². The summed E-state index contributed by atoms with van der Waals surface area (Å²) in [5.74, 6) is 0.744. The molecule has 1 saturated heterocycles. The Bertz CT molecular complexity index is 1500. The first kappa shape index (κ1) is 36.3. The van der Waals surface area contributed by atoms with E-state index in [0.717, 1.165) is 81.1 Å². The van der Waals surface area contributed by atoms with Gasteiger partial charge in [-0.2, -0.15) is 0 Å². The van der Waals surface area contributed by atoms with E-state index in [4.69, 9.17) is 28.4 Å². The number of esters is 1. The van der Waals surface area contributed by atoms with Crippen molar-refractivity contribution in [3.63, 3.8) is 0 Å². The van der Waals surface area contributed by atoms with Gasteiger partial charge in [-0.15, -0.1) is 0 Å². The average molecular weight is 691 g/mol. The van der Waals surface area contributed by atoms with Crippen LogP contribution in [-0.2, 0) is 14.2 Å². The zero-order valence-corrected chi connectivity index (χ0v) is 29.3. The van der Waals surface area contributed by atoms with Crippen LogP contribution >= 0.6 is 0 Å². The molecule has 1 heterocycles. The topological polar surface area (TPSA) is 96.0 Å². The van der Waals surface area contributed by atoms with E-state index < -0.39 is 18.1 Å². The lowest BCUT2D eigenvalue weighted by Crippen LogP contribution is -2.27. The summed E-state index contributed by atoms with van der Waals surface area (Å²) in [7, 11) is 0. The maximum absolute atomic E-state index is 15.1. The van der Waals surface area contributed by atoms with Crippen LogP contribution < -0.4 is 14.2 Å². The van der Waals surface area contributed by atoms with Gasteiger partial charge in [0.1, 0.15) is 23.1 Å². The minimum absolute atomic E-state index is 0.180. The Morgan fingerprint density at radius 1 is 0.740 bits per heavy atom. The average Bonchev–Trinajstić information content (AvgIpc) is 3.90. The van der Waals surface area contributed by atoms with Crippen molar-refractivity contribution in [2.45, 2.75) is 115 Å². The number of hydrogen-bond acceptors (Lipinski definition) is 8. The molecule has 3 aromatic rings. The second-order valence-electron chi connectivity index (χ2n) is 14.0. The highest BCUT2D eigenvalue weighted by Gasteiger charge is 2.43. The normalized spacial score (nSPS) is 24.1. The second kappa shape index (κ2) is 17.6. The summed E-state index contributed by atoms with van der Waals surface area (Å²) >= 11 is 0. The van der Waals surface area contributed by atoms with Gasteiger partial charge in [-0.25, -0.2) is 9.18 Å². The van der Waals surface area contributed by atoms with E-state index in [1.54, 1.807) is 18.2 Å². The molecular formula is C41H51FO8. The van der Waals surface area contributed by atoms with Crippen molar-refractivity contribution in [3.05, 3.63) is 78.1 Å². The van der Waals surface area contributed by atoms with Crippen molar-refractivity contribution in [1.82, 2.24) is 0 Å². The molecule has 3 fully saturated rings. The molecule has 1 aliphatic heterocycles. The summed E-state index contributed by atoms with van der Waals surface area (Å²) in [6, 6.07) is 19.1. The largest absolute Gasteiger partial charge is 0.465 e. The molecule has 2 aliphatic carbocycles. The first-order chi connectivity index (χ1) is 24.4. The molecule has 1 N–H and O–H groups in total. The zero-order chi connectivity index (χ0) is 34.9. The molecule has 0 radical (unpaired) electrons. The van der Waals surface area contributed by atoms with Crippen molar-refractivity contribution in [3.8, 4) is 28.4 Å². The maximum Gasteiger partial charge on any atom is 0.346 e. The molecule has 8 nitrogen and oxygen atoms in total. The Morgan fingerprint density at radius 2 is 1.30 bits per heavy atom. The molecule has 50 heavy (non-hydrogen) atoms. The quantitative estimate of drug-likeness (QED) is 0.0650. The van der Waals surface area contributed by atoms with Crippen molar-refractivity contribution >= 4 is 5.97 Å². The molecule has 270 valence electrons. The smallest absolute Gasteiger partial charge is 0.346 e. The number of fused-ring (bicyclic) bond motifs is 1. The minimum atomic E-state index is -0.790. The third-order valence-electron chi connectivity index (χ3n) is 9.96. The van der Waals surface area contributed by atoms with E-state index >= 15 is 4.39 Å². The number of carbonyl (C=O) groups excluding carboxylic acids is 1. The van der Waals surface area contributed by atoms with Gasteiger partial charge in [0.2, 0.25) is 0 Å². The molecule has 6 rings (SSSR count). The summed E-state index contributed by atoms with van der Waals surface area (Å²) in [4.78, 5) is 12.9. The summed E-state index contributed by atoms with van der Waals surface area (Å²) in [6.45, 7) is 5.39. The van der Waals surface area contributed by atoms with E-state index in [2.05, 4.69) is 6.92 Å². The highest BCUT2D eigenvalue weighted by molar-refractivity contribution is 5.91. The van der Waals surface area contributed by atoms with Crippen LogP contribution in [0.15, 0.2) is 66.7 Å². The van der Waals surface area contributed by atoms with Gasteiger partial charge in [0.25, 0.3) is 0 Å². The third kappa shape index (κ3) is 10.3. The summed E-state index contributed by atoms with van der Waals surface area (Å²) in [5.41, 5.74) is 1.74. The lowest BCUT2D eigenvalue weighted by molar-refractivity contribution is -0.101. The fourth-order valence-electron chi connectivity index (χ4n) is 6.90. The molecule has 0 bridgehead atoms. The van der Waals surface area contributed by atoms with Crippen LogP contribution in [0.4, 0.5) is 4.39 Å². The van der Waals surface area contributed by atoms with Gasteiger partial charge < -0.3 is 33.5 Å². The SMILES string of the molecule is CCCC(OCC1CCC(O)CC1)Oc1ccc(C(=O)Oc2ccc(-c3ccc(OC(CCC)OCC4CCC5OC5C4)cc3)cc2)c(F)c1. The number of epoxide rings is 1. The number of benzene rings is 3. The number of halogens is 1. The van der Waals surface area contributed by atoms with Crippen molar-refractivity contribution in [2.75, 3.05) is 13.2 Å². The Hall–Kier alpha value is -3.50. The van der Waals surface area contributed by atoms with Gasteiger partial charge in [-0.3, -0.25) is 0 Å². The minimum Gasteiger partial charge on any atom is -0.465 e. The van der Waals surface area contributed by atoms with Crippen LogP contribution in [0.1, 0.15) is 94.8 Å². The van der Waals surface area contributed by atoms with Crippen molar-refractivity contribution in [1.29, 1.82) is 0 Å². The van der Waals surface area contributed by atoms with E-state index in [-0.39, 0.29) is 23.7 Å². The molecule has 9 heteroatoms. The molecule has 0 aromatic heterocycles. The summed E-state index contributed by atoms with van der Waals surface area (Å²) in [5, 5.41) is 9.75. The van der Waals surface area contributed by atoms with Gasteiger partial charge in [0, 0.05) is 18.9 Å². The highest BCUT2D eigenvalue weighted by Crippen LogP contribution is 2.39. The van der Waals surface area contributed by atoms with Crippen LogP contribution in [0, 0.1) is 17.7 Å². The van der Waals surface area contributed by atoms with E-state index in [0.29, 0.717) is 49.4 Å². The van der Waals surface area contributed by atoms with Crippen LogP contribution in [0.3, 0.4) is 0 Å². The summed E-state index contributed by atoms with van der Waals surface area (Å²) in [6.07, 6.45) is 9.99. The predicted octanol–water partition coefficient (Wildman–Crippen LogP) is 8.87. The first-order valence-electron chi connectivity index (χ1n) is 18.5. The number of aliphatic hydroxyl groups excluding tert-OH is 1. The van der Waals surface area contributed by atoms with Gasteiger partial charge in [-0.1, -0.05) is 51.0 Å². The van der Waals surface area contributed by atoms with Crippen molar-refractivity contribution < 1.29 is 42.7 Å². The molecule has 0 amide bonds. The predicted molar refractivity (Wildman–Crippen MR) is 188 cm³/mol. The first-order valence-corrected chi connectivity index (χ1v) is 18.5. The number of hydrogen-bond donors (Lipinski definition) is 1. The zero-order valence-electron chi connectivity index (χ0n) is 29.3. The Balaban J connectivity index is 0.980. The van der Waals surface area contributed by atoms with Gasteiger partial charge in [0.05, 0.1) is 37.1 Å². The monoisotopic (exact) mass is 690 g/mol. The number of aliphatic hydroxyl groups is 1. The number of carbonyl (C=O) groups is 1. The van der Waals surface area contributed by atoms with Gasteiger partial charge >= 0.3 is 5.97 Å². The maximum atomic E-state index is 15.1. The molecule has 3 aliphatic rings. The van der Waals surface area contributed by atoms with E-state index in [9.17, 15) is 9.90 Å². The van der Waals surface area contributed by atoms with Crippen LogP contribution in [0.2, 0.25) is 0 Å². The Morgan fingerprint density at radius 3 is 1.90 bits per heavy atom. The molecule has 5 atom stereocenters. The molecule has 3 aromatic carbocycles. The van der Waals surface area contributed by atoms with Crippen molar-refractivity contribution in [2.24, 2.45) is 11.8 Å².